The lowest BCUT2D eigenvalue weighted by Gasteiger charge is -2.18. The maximum Gasteiger partial charge on any atom is 0.418 e. The molecule has 0 aliphatic heterocycles. The number of amides is 2. The molecule has 9 heteroatoms. The van der Waals surface area contributed by atoms with E-state index in [2.05, 4.69) is 16.0 Å². The van der Waals surface area contributed by atoms with E-state index in [9.17, 15) is 22.8 Å². The second-order valence-corrected chi connectivity index (χ2v) is 8.59. The zero-order chi connectivity index (χ0) is 24.1. The molecule has 0 heterocycles. The molecule has 0 spiro atoms. The van der Waals surface area contributed by atoms with Crippen LogP contribution in [0.25, 0.3) is 0 Å². The van der Waals surface area contributed by atoms with Gasteiger partial charge in [-0.3, -0.25) is 9.59 Å². The normalized spacial score (nSPS) is 14.6. The van der Waals surface area contributed by atoms with E-state index in [1.807, 2.05) is 19.0 Å². The summed E-state index contributed by atoms with van der Waals surface area (Å²) in [6.07, 6.45) is -2.13. The first-order valence-corrected chi connectivity index (χ1v) is 10.9. The fourth-order valence-corrected chi connectivity index (χ4v) is 3.47. The summed E-state index contributed by atoms with van der Waals surface area (Å²) in [6.45, 7) is 1.07. The van der Waals surface area contributed by atoms with E-state index in [4.69, 9.17) is 0 Å². The van der Waals surface area contributed by atoms with Crippen LogP contribution in [0.2, 0.25) is 0 Å². The van der Waals surface area contributed by atoms with Crippen molar-refractivity contribution in [2.24, 2.45) is 0 Å². The fraction of sp³-hybridized carbons (Fsp3) is 0.417. The molecular formula is C24H29F3N4O2. The lowest BCUT2D eigenvalue weighted by Crippen LogP contribution is -2.48. The number of carbonyl (C=O) groups is 2. The van der Waals surface area contributed by atoms with Crippen molar-refractivity contribution in [2.45, 2.75) is 43.9 Å². The van der Waals surface area contributed by atoms with Crippen LogP contribution in [0.15, 0.2) is 48.5 Å². The number of nitrogens with zero attached hydrogens (tertiary/aromatic N) is 1. The van der Waals surface area contributed by atoms with Gasteiger partial charge in [0, 0.05) is 18.7 Å². The predicted octanol–water partition coefficient (Wildman–Crippen LogP) is 4.06. The Labute approximate surface area is 191 Å². The van der Waals surface area contributed by atoms with E-state index in [-0.39, 0.29) is 24.0 Å². The molecule has 33 heavy (non-hydrogen) atoms. The second-order valence-electron chi connectivity index (χ2n) is 8.59. The summed E-state index contributed by atoms with van der Waals surface area (Å²) in [5, 5.41) is 8.50. The van der Waals surface area contributed by atoms with E-state index < -0.39 is 17.3 Å². The Morgan fingerprint density at radius 3 is 2.30 bits per heavy atom. The SMILES string of the molecule is CN(C)CCCC(=O)NC1(C(=O)NCc2ccc(Nc3ccccc3C(F)(F)F)cc2)CC1. The number of carbonyl (C=O) groups excluding carboxylic acids is 2. The van der Waals surface area contributed by atoms with Crippen molar-refractivity contribution >= 4 is 23.2 Å². The van der Waals surface area contributed by atoms with Crippen molar-refractivity contribution in [1.82, 2.24) is 15.5 Å². The zero-order valence-electron chi connectivity index (χ0n) is 18.8. The molecule has 6 nitrogen and oxygen atoms in total. The average Bonchev–Trinajstić information content (AvgIpc) is 3.53. The van der Waals surface area contributed by atoms with Gasteiger partial charge < -0.3 is 20.9 Å². The zero-order valence-corrected chi connectivity index (χ0v) is 18.8. The van der Waals surface area contributed by atoms with Crippen molar-refractivity contribution in [3.05, 3.63) is 59.7 Å². The van der Waals surface area contributed by atoms with E-state index in [1.54, 1.807) is 24.3 Å². The Balaban J connectivity index is 1.51. The van der Waals surface area contributed by atoms with E-state index >= 15 is 0 Å². The van der Waals surface area contributed by atoms with Crippen LogP contribution >= 0.6 is 0 Å². The van der Waals surface area contributed by atoms with Gasteiger partial charge in [0.05, 0.1) is 11.3 Å². The topological polar surface area (TPSA) is 73.5 Å². The third-order valence-electron chi connectivity index (χ3n) is 5.49. The molecule has 0 aromatic heterocycles. The van der Waals surface area contributed by atoms with Crippen LogP contribution in [0.3, 0.4) is 0 Å². The lowest BCUT2D eigenvalue weighted by molar-refractivity contribution is -0.137. The van der Waals surface area contributed by atoms with Crippen molar-refractivity contribution < 1.29 is 22.8 Å². The minimum Gasteiger partial charge on any atom is -0.355 e. The first-order valence-electron chi connectivity index (χ1n) is 10.9. The Morgan fingerprint density at radius 1 is 1.03 bits per heavy atom. The van der Waals surface area contributed by atoms with Gasteiger partial charge in [-0.25, -0.2) is 0 Å². The molecule has 3 rings (SSSR count). The van der Waals surface area contributed by atoms with Crippen molar-refractivity contribution in [1.29, 1.82) is 0 Å². The number of halogens is 3. The average molecular weight is 463 g/mol. The number of para-hydroxylation sites is 1. The Hall–Kier alpha value is -3.07. The molecule has 0 bridgehead atoms. The maximum atomic E-state index is 13.2. The molecule has 2 aromatic carbocycles. The number of anilines is 2. The van der Waals surface area contributed by atoms with Gasteiger partial charge in [-0.1, -0.05) is 24.3 Å². The molecule has 2 amide bonds. The van der Waals surface area contributed by atoms with Gasteiger partial charge >= 0.3 is 6.18 Å². The first kappa shape index (κ1) is 24.6. The van der Waals surface area contributed by atoms with Crippen molar-refractivity contribution in [2.75, 3.05) is 26.0 Å². The fourth-order valence-electron chi connectivity index (χ4n) is 3.47. The highest BCUT2D eigenvalue weighted by Crippen LogP contribution is 2.36. The van der Waals surface area contributed by atoms with E-state index in [0.29, 0.717) is 24.9 Å². The van der Waals surface area contributed by atoms with Crippen LogP contribution in [0, 0.1) is 0 Å². The van der Waals surface area contributed by atoms with Crippen LogP contribution in [-0.2, 0) is 22.3 Å². The maximum absolute atomic E-state index is 13.2. The molecule has 0 saturated heterocycles. The number of hydrogen-bond acceptors (Lipinski definition) is 4. The Kier molecular flexibility index (Phi) is 7.63. The smallest absolute Gasteiger partial charge is 0.355 e. The first-order chi connectivity index (χ1) is 15.6. The monoisotopic (exact) mass is 462 g/mol. The number of rotatable bonds is 10. The summed E-state index contributed by atoms with van der Waals surface area (Å²) in [5.41, 5.74) is -0.280. The summed E-state index contributed by atoms with van der Waals surface area (Å²) in [5.74, 6) is -0.344. The highest BCUT2D eigenvalue weighted by Gasteiger charge is 2.50. The summed E-state index contributed by atoms with van der Waals surface area (Å²) in [4.78, 5) is 26.8. The van der Waals surface area contributed by atoms with Gasteiger partial charge in [-0.05, 0) is 69.7 Å². The van der Waals surface area contributed by atoms with Gasteiger partial charge in [-0.2, -0.15) is 13.2 Å². The minimum atomic E-state index is -4.45. The standard InChI is InChI=1S/C24H29F3N4O2/c1-31(2)15-5-8-21(32)30-23(13-14-23)22(33)28-16-17-9-11-18(12-10-17)29-20-7-4-3-6-19(20)24(25,26)27/h3-4,6-7,9-12,29H,5,8,13-16H2,1-2H3,(H,28,33)(H,30,32). The van der Waals surface area contributed by atoms with Crippen molar-refractivity contribution in [3.8, 4) is 0 Å². The molecule has 1 saturated carbocycles. The van der Waals surface area contributed by atoms with Gasteiger partial charge in [0.15, 0.2) is 0 Å². The van der Waals surface area contributed by atoms with Gasteiger partial charge in [-0.15, -0.1) is 0 Å². The summed E-state index contributed by atoms with van der Waals surface area (Å²) in [6, 6.07) is 12.1. The van der Waals surface area contributed by atoms with Crippen LogP contribution in [0.1, 0.15) is 36.8 Å². The highest BCUT2D eigenvalue weighted by molar-refractivity contribution is 5.94. The third kappa shape index (κ3) is 6.95. The molecule has 2 aromatic rings. The number of hydrogen-bond donors (Lipinski definition) is 3. The molecule has 0 radical (unpaired) electrons. The quantitative estimate of drug-likeness (QED) is 0.498. The number of benzene rings is 2. The molecule has 1 aliphatic rings. The summed E-state index contributed by atoms with van der Waals surface area (Å²) in [7, 11) is 3.88. The molecule has 3 N–H and O–H groups in total. The van der Waals surface area contributed by atoms with Crippen LogP contribution in [0.5, 0.6) is 0 Å². The summed E-state index contributed by atoms with van der Waals surface area (Å²) >= 11 is 0. The summed E-state index contributed by atoms with van der Waals surface area (Å²) < 4.78 is 39.5. The Morgan fingerprint density at radius 2 is 1.70 bits per heavy atom. The molecular weight excluding hydrogens is 433 g/mol. The van der Waals surface area contributed by atoms with Crippen LogP contribution in [0.4, 0.5) is 24.5 Å². The number of nitrogens with one attached hydrogen (secondary N) is 3. The number of alkyl halides is 3. The largest absolute Gasteiger partial charge is 0.418 e. The molecule has 178 valence electrons. The van der Waals surface area contributed by atoms with Gasteiger partial charge in [0.1, 0.15) is 5.54 Å². The molecule has 1 aliphatic carbocycles. The van der Waals surface area contributed by atoms with Gasteiger partial charge in [0.2, 0.25) is 11.8 Å². The highest BCUT2D eigenvalue weighted by atomic mass is 19.4. The van der Waals surface area contributed by atoms with Crippen molar-refractivity contribution in [3.63, 3.8) is 0 Å². The van der Waals surface area contributed by atoms with Gasteiger partial charge in [0.25, 0.3) is 0 Å². The minimum absolute atomic E-state index is 0.0250. The molecule has 0 unspecified atom stereocenters. The van der Waals surface area contributed by atoms with E-state index in [1.165, 1.54) is 18.2 Å². The predicted molar refractivity (Wildman–Crippen MR) is 121 cm³/mol. The molecule has 1 fully saturated rings. The molecule has 0 atom stereocenters. The third-order valence-corrected chi connectivity index (χ3v) is 5.49. The Bertz CT molecular complexity index is 970. The second kappa shape index (κ2) is 10.2. The van der Waals surface area contributed by atoms with E-state index in [0.717, 1.165) is 24.6 Å². The van der Waals surface area contributed by atoms with Crippen LogP contribution < -0.4 is 16.0 Å². The van der Waals surface area contributed by atoms with Crippen LogP contribution in [-0.4, -0.2) is 42.9 Å². The lowest BCUT2D eigenvalue weighted by atomic mass is 10.1.